The van der Waals surface area contributed by atoms with Gasteiger partial charge in [0.1, 0.15) is 5.82 Å². The number of amides is 1. The summed E-state index contributed by atoms with van der Waals surface area (Å²) >= 11 is 6.42. The fourth-order valence-corrected chi connectivity index (χ4v) is 2.30. The van der Waals surface area contributed by atoms with Crippen molar-refractivity contribution in [3.8, 4) is 0 Å². The van der Waals surface area contributed by atoms with Crippen molar-refractivity contribution < 1.29 is 9.18 Å². The molecule has 0 heterocycles. The molecule has 1 amide bonds. The number of carbonyl (C=O) groups is 1. The molecule has 0 radical (unpaired) electrons. The van der Waals surface area contributed by atoms with E-state index in [2.05, 4.69) is 37.2 Å². The summed E-state index contributed by atoms with van der Waals surface area (Å²) in [6.45, 7) is 1.91. The third kappa shape index (κ3) is 3.42. The van der Waals surface area contributed by atoms with E-state index in [1.807, 2.05) is 25.1 Å². The number of hydrogen-bond acceptors (Lipinski definition) is 1. The Morgan fingerprint density at radius 3 is 2.58 bits per heavy atom. The van der Waals surface area contributed by atoms with Crippen molar-refractivity contribution in [2.75, 3.05) is 5.32 Å². The Morgan fingerprint density at radius 2 is 1.89 bits per heavy atom. The lowest BCUT2D eigenvalue weighted by Gasteiger charge is -2.09. The third-order valence-corrected chi connectivity index (χ3v) is 3.73. The molecule has 0 spiro atoms. The maximum Gasteiger partial charge on any atom is 0.255 e. The summed E-state index contributed by atoms with van der Waals surface area (Å²) in [6, 6.07) is 9.79. The fourth-order valence-electron chi connectivity index (χ4n) is 1.56. The molecule has 0 atom stereocenters. The number of nitrogens with one attached hydrogen (secondary N) is 1. The lowest BCUT2D eigenvalue weighted by Crippen LogP contribution is -2.12. The molecule has 98 valence electrons. The van der Waals surface area contributed by atoms with E-state index >= 15 is 0 Å². The molecule has 0 aliphatic carbocycles. The topological polar surface area (TPSA) is 29.1 Å². The summed E-state index contributed by atoms with van der Waals surface area (Å²) in [6.07, 6.45) is 0. The van der Waals surface area contributed by atoms with Gasteiger partial charge in [-0.25, -0.2) is 4.39 Å². The van der Waals surface area contributed by atoms with Crippen molar-refractivity contribution in [1.29, 1.82) is 0 Å². The lowest BCUT2D eigenvalue weighted by molar-refractivity contribution is 0.102. The summed E-state index contributed by atoms with van der Waals surface area (Å²) in [5.41, 5.74) is 2.07. The monoisotopic (exact) mass is 385 g/mol. The molecule has 0 bridgehead atoms. The summed E-state index contributed by atoms with van der Waals surface area (Å²) in [4.78, 5) is 12.1. The molecule has 2 aromatic carbocycles. The average Bonchev–Trinajstić information content (AvgIpc) is 2.37. The highest BCUT2D eigenvalue weighted by molar-refractivity contribution is 9.10. The Kier molecular flexibility index (Phi) is 4.37. The summed E-state index contributed by atoms with van der Waals surface area (Å²) < 4.78 is 14.3. The minimum absolute atomic E-state index is 0.270. The van der Waals surface area contributed by atoms with E-state index in [1.54, 1.807) is 0 Å². The maximum atomic E-state index is 13.1. The van der Waals surface area contributed by atoms with Crippen LogP contribution in [0.1, 0.15) is 15.9 Å². The van der Waals surface area contributed by atoms with Crippen LogP contribution in [0.25, 0.3) is 0 Å². The number of anilines is 1. The Balaban J connectivity index is 2.25. The Bertz CT molecular complexity index is 643. The van der Waals surface area contributed by atoms with Crippen molar-refractivity contribution >= 4 is 43.5 Å². The summed E-state index contributed by atoms with van der Waals surface area (Å²) in [5, 5.41) is 2.80. The zero-order chi connectivity index (χ0) is 14.0. The van der Waals surface area contributed by atoms with Crippen molar-refractivity contribution in [3.63, 3.8) is 0 Å². The van der Waals surface area contributed by atoms with E-state index in [0.717, 1.165) is 15.7 Å². The summed E-state index contributed by atoms with van der Waals surface area (Å²) in [5.74, 6) is -0.669. The minimum Gasteiger partial charge on any atom is -0.322 e. The first-order chi connectivity index (χ1) is 8.97. The first kappa shape index (κ1) is 14.2. The highest BCUT2D eigenvalue weighted by atomic mass is 79.9. The van der Waals surface area contributed by atoms with Crippen LogP contribution in [-0.2, 0) is 0 Å². The molecular weight excluding hydrogens is 377 g/mol. The van der Waals surface area contributed by atoms with Gasteiger partial charge in [-0.15, -0.1) is 0 Å². The molecule has 5 heteroatoms. The van der Waals surface area contributed by atoms with Gasteiger partial charge in [0, 0.05) is 15.7 Å². The van der Waals surface area contributed by atoms with Gasteiger partial charge in [-0.2, -0.15) is 0 Å². The van der Waals surface area contributed by atoms with Crippen LogP contribution >= 0.6 is 31.9 Å². The first-order valence-corrected chi connectivity index (χ1v) is 7.08. The molecule has 2 rings (SSSR count). The number of benzene rings is 2. The zero-order valence-electron chi connectivity index (χ0n) is 10.0. The van der Waals surface area contributed by atoms with Gasteiger partial charge in [-0.05, 0) is 58.7 Å². The quantitative estimate of drug-likeness (QED) is 0.780. The smallest absolute Gasteiger partial charge is 0.255 e. The molecule has 2 aromatic rings. The van der Waals surface area contributed by atoms with E-state index in [4.69, 9.17) is 0 Å². The van der Waals surface area contributed by atoms with Crippen LogP contribution in [0.15, 0.2) is 45.3 Å². The van der Waals surface area contributed by atoms with Gasteiger partial charge in [0.25, 0.3) is 5.91 Å². The van der Waals surface area contributed by atoms with Gasteiger partial charge in [0.2, 0.25) is 0 Å². The molecule has 2 nitrogen and oxygen atoms in total. The van der Waals surface area contributed by atoms with E-state index in [9.17, 15) is 9.18 Å². The average molecular weight is 387 g/mol. The van der Waals surface area contributed by atoms with Crippen LogP contribution < -0.4 is 5.32 Å². The number of carbonyl (C=O) groups excluding carboxylic acids is 1. The van der Waals surface area contributed by atoms with E-state index in [0.29, 0.717) is 5.56 Å². The first-order valence-electron chi connectivity index (χ1n) is 5.50. The highest BCUT2D eigenvalue weighted by Gasteiger charge is 2.10. The predicted octanol–water partition coefficient (Wildman–Crippen LogP) is 4.91. The fraction of sp³-hybridized carbons (Fsp3) is 0.0714. The van der Waals surface area contributed by atoms with Gasteiger partial charge < -0.3 is 5.32 Å². The van der Waals surface area contributed by atoms with Crippen molar-refractivity contribution in [2.45, 2.75) is 6.92 Å². The van der Waals surface area contributed by atoms with Crippen LogP contribution in [0.2, 0.25) is 0 Å². The SMILES string of the molecule is Cc1ccc(Br)cc1NC(=O)c1ccc(F)c(Br)c1. The van der Waals surface area contributed by atoms with E-state index in [-0.39, 0.29) is 10.4 Å². The molecule has 0 saturated heterocycles. The summed E-state index contributed by atoms with van der Waals surface area (Å²) in [7, 11) is 0. The number of halogens is 3. The normalized spacial score (nSPS) is 10.3. The molecule has 19 heavy (non-hydrogen) atoms. The second-order valence-electron chi connectivity index (χ2n) is 4.04. The van der Waals surface area contributed by atoms with Gasteiger partial charge in [-0.1, -0.05) is 22.0 Å². The highest BCUT2D eigenvalue weighted by Crippen LogP contribution is 2.22. The Morgan fingerprint density at radius 1 is 1.16 bits per heavy atom. The Labute approximate surface area is 127 Å². The molecule has 0 saturated carbocycles. The van der Waals surface area contributed by atoms with Crippen molar-refractivity contribution in [1.82, 2.24) is 0 Å². The van der Waals surface area contributed by atoms with Gasteiger partial charge >= 0.3 is 0 Å². The molecular formula is C14H10Br2FNO. The minimum atomic E-state index is -0.393. The largest absolute Gasteiger partial charge is 0.322 e. The van der Waals surface area contributed by atoms with Crippen LogP contribution in [0.3, 0.4) is 0 Å². The molecule has 0 aliphatic heterocycles. The number of aryl methyl sites for hydroxylation is 1. The zero-order valence-corrected chi connectivity index (χ0v) is 13.2. The van der Waals surface area contributed by atoms with E-state index in [1.165, 1.54) is 18.2 Å². The molecule has 0 unspecified atom stereocenters. The molecule has 1 N–H and O–H groups in total. The molecule has 0 aliphatic rings. The van der Waals surface area contributed by atoms with Crippen LogP contribution in [0.4, 0.5) is 10.1 Å². The third-order valence-electron chi connectivity index (χ3n) is 2.63. The lowest BCUT2D eigenvalue weighted by atomic mass is 10.1. The maximum absolute atomic E-state index is 13.1. The van der Waals surface area contributed by atoms with Crippen LogP contribution in [0.5, 0.6) is 0 Å². The van der Waals surface area contributed by atoms with Crippen molar-refractivity contribution in [3.05, 3.63) is 62.3 Å². The van der Waals surface area contributed by atoms with Crippen LogP contribution in [0, 0.1) is 12.7 Å². The van der Waals surface area contributed by atoms with Gasteiger partial charge in [-0.3, -0.25) is 4.79 Å². The Hall–Kier alpha value is -1.20. The standard InChI is InChI=1S/C14H10Br2FNO/c1-8-2-4-10(15)7-13(8)18-14(19)9-3-5-12(17)11(16)6-9/h2-7H,1H3,(H,18,19). The predicted molar refractivity (Wildman–Crippen MR) is 80.9 cm³/mol. The molecule has 0 fully saturated rings. The second kappa shape index (κ2) is 5.84. The number of hydrogen-bond donors (Lipinski definition) is 1. The second-order valence-corrected chi connectivity index (χ2v) is 5.81. The van der Waals surface area contributed by atoms with E-state index < -0.39 is 5.82 Å². The number of rotatable bonds is 2. The van der Waals surface area contributed by atoms with Gasteiger partial charge in [0.05, 0.1) is 4.47 Å². The van der Waals surface area contributed by atoms with Crippen molar-refractivity contribution in [2.24, 2.45) is 0 Å². The molecule has 0 aromatic heterocycles. The van der Waals surface area contributed by atoms with Crippen LogP contribution in [-0.4, -0.2) is 5.91 Å². The van der Waals surface area contributed by atoms with Gasteiger partial charge in [0.15, 0.2) is 0 Å².